The van der Waals surface area contributed by atoms with Gasteiger partial charge < -0.3 is 5.32 Å². The Labute approximate surface area is 162 Å². The molecule has 1 amide bonds. The quantitative estimate of drug-likeness (QED) is 0.836. The van der Waals surface area contributed by atoms with Crippen molar-refractivity contribution in [3.8, 4) is 0 Å². The number of halogens is 1. The molecule has 8 heteroatoms. The molecule has 2 aromatic rings. The topological polar surface area (TPSA) is 76.1 Å². The van der Waals surface area contributed by atoms with E-state index in [1.165, 1.54) is 0 Å². The predicted molar refractivity (Wildman–Crippen MR) is 105 cm³/mol. The number of fused-ring (bicyclic) bond motifs is 1. The Morgan fingerprint density at radius 2 is 1.96 bits per heavy atom. The van der Waals surface area contributed by atoms with Gasteiger partial charge in [0.1, 0.15) is 0 Å². The van der Waals surface area contributed by atoms with Crippen molar-refractivity contribution in [2.45, 2.75) is 44.1 Å². The van der Waals surface area contributed by atoms with Gasteiger partial charge in [-0.25, -0.2) is 13.4 Å². The Hall–Kier alpha value is -1.18. The second-order valence-electron chi connectivity index (χ2n) is 7.32. The maximum atomic E-state index is 12.3. The fourth-order valence-electron chi connectivity index (χ4n) is 3.90. The molecule has 1 aromatic carbocycles. The Morgan fingerprint density at radius 3 is 2.65 bits per heavy atom. The van der Waals surface area contributed by atoms with Crippen molar-refractivity contribution in [2.75, 3.05) is 11.5 Å². The first-order valence-electron chi connectivity index (χ1n) is 8.96. The zero-order chi connectivity index (χ0) is 18.3. The summed E-state index contributed by atoms with van der Waals surface area (Å²) in [7, 11) is -3.02. The molecule has 1 saturated heterocycles. The van der Waals surface area contributed by atoms with E-state index in [0.29, 0.717) is 17.4 Å². The molecule has 2 fully saturated rings. The van der Waals surface area contributed by atoms with E-state index in [2.05, 4.69) is 5.32 Å². The fourth-order valence-corrected chi connectivity index (χ4v) is 6.92. The van der Waals surface area contributed by atoms with Crippen LogP contribution in [0.15, 0.2) is 18.2 Å². The van der Waals surface area contributed by atoms with E-state index >= 15 is 0 Å². The van der Waals surface area contributed by atoms with Crippen LogP contribution in [0.2, 0.25) is 5.02 Å². The van der Waals surface area contributed by atoms with Gasteiger partial charge in [0.15, 0.2) is 9.84 Å². The number of hydrogen-bond donors (Lipinski definition) is 1. The van der Waals surface area contributed by atoms with E-state index in [4.69, 9.17) is 16.6 Å². The van der Waals surface area contributed by atoms with Crippen LogP contribution in [0, 0.1) is 5.92 Å². The van der Waals surface area contributed by atoms with Crippen LogP contribution in [0.5, 0.6) is 0 Å². The Kier molecular flexibility index (Phi) is 4.96. The van der Waals surface area contributed by atoms with Gasteiger partial charge in [-0.15, -0.1) is 11.3 Å². The van der Waals surface area contributed by atoms with E-state index < -0.39 is 9.84 Å². The van der Waals surface area contributed by atoms with E-state index in [1.807, 2.05) is 18.2 Å². The number of sulfone groups is 1. The van der Waals surface area contributed by atoms with Gasteiger partial charge in [0, 0.05) is 17.0 Å². The molecule has 0 bridgehead atoms. The average Bonchev–Trinajstić information content (AvgIpc) is 3.18. The minimum absolute atomic E-state index is 0.00242. The highest BCUT2D eigenvalue weighted by molar-refractivity contribution is 7.91. The first kappa shape index (κ1) is 18.2. The number of nitrogens with zero attached hydrogens (tertiary/aromatic N) is 1. The van der Waals surface area contributed by atoms with Gasteiger partial charge in [-0.3, -0.25) is 4.79 Å². The number of benzene rings is 1. The molecule has 1 saturated carbocycles. The zero-order valence-electron chi connectivity index (χ0n) is 14.3. The minimum atomic E-state index is -3.02. The maximum Gasteiger partial charge on any atom is 0.224 e. The van der Waals surface area contributed by atoms with E-state index in [0.717, 1.165) is 40.9 Å². The molecule has 1 atom stereocenters. The van der Waals surface area contributed by atoms with Crippen molar-refractivity contribution in [2.24, 2.45) is 5.92 Å². The van der Waals surface area contributed by atoms with Crippen LogP contribution in [-0.4, -0.2) is 36.9 Å². The van der Waals surface area contributed by atoms with Crippen molar-refractivity contribution < 1.29 is 13.2 Å². The number of aromatic nitrogens is 1. The third-order valence-electron chi connectivity index (χ3n) is 5.39. The smallest absolute Gasteiger partial charge is 0.224 e. The molecule has 26 heavy (non-hydrogen) atoms. The summed E-state index contributed by atoms with van der Waals surface area (Å²) in [6, 6.07) is 5.95. The summed E-state index contributed by atoms with van der Waals surface area (Å²) >= 11 is 7.76. The Bertz CT molecular complexity index is 933. The van der Waals surface area contributed by atoms with Gasteiger partial charge in [0.05, 0.1) is 32.6 Å². The van der Waals surface area contributed by atoms with Crippen LogP contribution in [0.1, 0.15) is 43.0 Å². The number of nitrogens with one attached hydrogen (secondary N) is 1. The third kappa shape index (κ3) is 3.89. The first-order chi connectivity index (χ1) is 12.4. The molecular formula is C18H21ClN2O3S2. The maximum absolute atomic E-state index is 12.3. The molecule has 140 valence electrons. The van der Waals surface area contributed by atoms with Gasteiger partial charge in [-0.05, 0) is 50.3 Å². The average molecular weight is 413 g/mol. The molecule has 1 unspecified atom stereocenters. The lowest BCUT2D eigenvalue weighted by Gasteiger charge is -2.28. The standard InChI is InChI=1S/C18H21ClN2O3S2/c19-13-3-6-16-15(9-13)21-18(25-16)11-1-4-14(5-2-11)20-17(22)12-7-8-26(23,24)10-12/h3,6,9,11-12,14H,1-2,4-5,7-8,10H2,(H,20,22). The largest absolute Gasteiger partial charge is 0.353 e. The van der Waals surface area contributed by atoms with Crippen LogP contribution < -0.4 is 5.32 Å². The van der Waals surface area contributed by atoms with Crippen LogP contribution in [0.3, 0.4) is 0 Å². The molecule has 0 spiro atoms. The molecule has 4 rings (SSSR count). The predicted octanol–water partition coefficient (Wildman–Crippen LogP) is 3.53. The number of thiazole rings is 1. The highest BCUT2D eigenvalue weighted by Crippen LogP contribution is 2.37. The van der Waals surface area contributed by atoms with Gasteiger partial charge in [0.2, 0.25) is 5.91 Å². The highest BCUT2D eigenvalue weighted by Gasteiger charge is 2.34. The summed E-state index contributed by atoms with van der Waals surface area (Å²) in [5.74, 6) is 0.101. The monoisotopic (exact) mass is 412 g/mol. The Morgan fingerprint density at radius 1 is 1.19 bits per heavy atom. The van der Waals surface area contributed by atoms with E-state index in [1.54, 1.807) is 11.3 Å². The van der Waals surface area contributed by atoms with Crippen molar-refractivity contribution in [1.82, 2.24) is 10.3 Å². The van der Waals surface area contributed by atoms with Crippen molar-refractivity contribution >= 4 is 48.9 Å². The van der Waals surface area contributed by atoms with Gasteiger partial charge >= 0.3 is 0 Å². The molecule has 2 aliphatic rings. The number of amides is 1. The van der Waals surface area contributed by atoms with Crippen molar-refractivity contribution in [1.29, 1.82) is 0 Å². The number of hydrogen-bond acceptors (Lipinski definition) is 5. The summed E-state index contributed by atoms with van der Waals surface area (Å²) < 4.78 is 24.2. The summed E-state index contributed by atoms with van der Waals surface area (Å²) in [5.41, 5.74) is 0.954. The normalized spacial score (nSPS) is 28.3. The lowest BCUT2D eigenvalue weighted by molar-refractivity contribution is -0.125. The number of rotatable bonds is 3. The SMILES string of the molecule is O=C(NC1CCC(c2nc3cc(Cl)ccc3s2)CC1)C1CCS(=O)(=O)C1. The van der Waals surface area contributed by atoms with Gasteiger partial charge in [0.25, 0.3) is 0 Å². The van der Waals surface area contributed by atoms with Crippen LogP contribution in [-0.2, 0) is 14.6 Å². The molecule has 1 aliphatic carbocycles. The van der Waals surface area contributed by atoms with Crippen molar-refractivity contribution in [3.63, 3.8) is 0 Å². The second kappa shape index (κ2) is 7.09. The minimum Gasteiger partial charge on any atom is -0.353 e. The summed E-state index contributed by atoms with van der Waals surface area (Å²) in [4.78, 5) is 17.0. The fraction of sp³-hybridized carbons (Fsp3) is 0.556. The van der Waals surface area contributed by atoms with E-state index in [-0.39, 0.29) is 29.4 Å². The first-order valence-corrected chi connectivity index (χ1v) is 12.0. The third-order valence-corrected chi connectivity index (χ3v) is 8.59. The molecule has 5 nitrogen and oxygen atoms in total. The molecule has 2 heterocycles. The molecule has 1 aromatic heterocycles. The van der Waals surface area contributed by atoms with Gasteiger partial charge in [-0.2, -0.15) is 0 Å². The van der Waals surface area contributed by atoms with Crippen LogP contribution in [0.4, 0.5) is 0 Å². The summed E-state index contributed by atoms with van der Waals surface area (Å²) in [6.07, 6.45) is 4.25. The van der Waals surface area contributed by atoms with Crippen LogP contribution in [0.25, 0.3) is 10.2 Å². The second-order valence-corrected chi connectivity index (χ2v) is 11.0. The number of carbonyl (C=O) groups excluding carboxylic acids is 1. The molecular weight excluding hydrogens is 392 g/mol. The lowest BCUT2D eigenvalue weighted by Crippen LogP contribution is -2.41. The molecule has 1 N–H and O–H groups in total. The number of carbonyl (C=O) groups is 1. The summed E-state index contributed by atoms with van der Waals surface area (Å²) in [6.45, 7) is 0. The Balaban J connectivity index is 1.34. The summed E-state index contributed by atoms with van der Waals surface area (Å²) in [5, 5.41) is 4.92. The lowest BCUT2D eigenvalue weighted by atomic mass is 9.86. The van der Waals surface area contributed by atoms with E-state index in [9.17, 15) is 13.2 Å². The molecule has 1 aliphatic heterocycles. The molecule has 0 radical (unpaired) electrons. The van der Waals surface area contributed by atoms with Crippen molar-refractivity contribution in [3.05, 3.63) is 28.2 Å². The zero-order valence-corrected chi connectivity index (χ0v) is 16.7. The van der Waals surface area contributed by atoms with Gasteiger partial charge in [-0.1, -0.05) is 11.6 Å². The highest BCUT2D eigenvalue weighted by atomic mass is 35.5. The van der Waals surface area contributed by atoms with Crippen LogP contribution >= 0.6 is 22.9 Å².